The first-order valence-corrected chi connectivity index (χ1v) is 6.06. The quantitative estimate of drug-likeness (QED) is 0.665. The second-order valence-corrected chi connectivity index (χ2v) is 4.31. The van der Waals surface area contributed by atoms with E-state index in [9.17, 15) is 9.90 Å². The number of ether oxygens (including phenoxy) is 1. The monoisotopic (exact) mass is 267 g/mol. The summed E-state index contributed by atoms with van der Waals surface area (Å²) < 4.78 is 5.03. The van der Waals surface area contributed by atoms with Gasteiger partial charge in [0, 0.05) is 33.7 Å². The molecule has 3 N–H and O–H groups in total. The van der Waals surface area contributed by atoms with Crippen molar-refractivity contribution in [1.82, 2.24) is 15.5 Å². The van der Waals surface area contributed by atoms with Gasteiger partial charge in [-0.05, 0) is 17.7 Å². The summed E-state index contributed by atoms with van der Waals surface area (Å²) in [5, 5.41) is 15.4. The summed E-state index contributed by atoms with van der Waals surface area (Å²) in [6, 6.07) is 5.10. The topological polar surface area (TPSA) is 73.8 Å². The minimum atomic E-state index is -0.104. The number of phenols is 1. The summed E-state index contributed by atoms with van der Waals surface area (Å²) in [5.74, 6) is 0.588. The number of carbonyl (C=O) groups is 1. The number of hydrogen-bond acceptors (Lipinski definition) is 4. The van der Waals surface area contributed by atoms with E-state index < -0.39 is 0 Å². The van der Waals surface area contributed by atoms with E-state index in [0.717, 1.165) is 5.56 Å². The third kappa shape index (κ3) is 5.05. The molecule has 0 aliphatic carbocycles. The average Bonchev–Trinajstić information content (AvgIpc) is 2.39. The number of carbonyl (C=O) groups excluding carboxylic acids is 1. The van der Waals surface area contributed by atoms with Crippen molar-refractivity contribution in [3.05, 3.63) is 23.8 Å². The van der Waals surface area contributed by atoms with Gasteiger partial charge in [0.25, 0.3) is 0 Å². The van der Waals surface area contributed by atoms with Gasteiger partial charge in [-0.1, -0.05) is 6.07 Å². The molecule has 0 bridgehead atoms. The molecule has 19 heavy (non-hydrogen) atoms. The van der Waals surface area contributed by atoms with Gasteiger partial charge in [-0.3, -0.25) is 0 Å². The van der Waals surface area contributed by atoms with Crippen LogP contribution in [-0.4, -0.2) is 50.3 Å². The van der Waals surface area contributed by atoms with E-state index in [1.54, 1.807) is 26.2 Å². The summed E-state index contributed by atoms with van der Waals surface area (Å²) in [6.07, 6.45) is 0. The molecule has 0 aliphatic rings. The minimum Gasteiger partial charge on any atom is -0.504 e. The van der Waals surface area contributed by atoms with Crippen LogP contribution in [0.2, 0.25) is 0 Å². The summed E-state index contributed by atoms with van der Waals surface area (Å²) >= 11 is 0. The Kier molecular flexibility index (Phi) is 5.95. The number of nitrogens with zero attached hydrogens (tertiary/aromatic N) is 1. The predicted octanol–water partition coefficient (Wildman–Crippen LogP) is 0.762. The Hall–Kier alpha value is -1.95. The van der Waals surface area contributed by atoms with Gasteiger partial charge in [0.1, 0.15) is 0 Å². The standard InChI is InChI=1S/C13H21N3O3/c1-16(2)13(18)15-7-6-14-9-10-4-5-11(17)12(8-10)19-3/h4-5,8,14,17H,6-7,9H2,1-3H3,(H,15,18). The van der Waals surface area contributed by atoms with Crippen molar-refractivity contribution in [3.63, 3.8) is 0 Å². The van der Waals surface area contributed by atoms with Crippen molar-refractivity contribution < 1.29 is 14.6 Å². The third-order valence-electron chi connectivity index (χ3n) is 2.56. The molecule has 0 saturated heterocycles. The first-order chi connectivity index (χ1) is 9.04. The lowest BCUT2D eigenvalue weighted by atomic mass is 10.2. The minimum absolute atomic E-state index is 0.104. The molecule has 1 rings (SSSR count). The average molecular weight is 267 g/mol. The van der Waals surface area contributed by atoms with Crippen LogP contribution in [0.3, 0.4) is 0 Å². The molecule has 0 fully saturated rings. The van der Waals surface area contributed by atoms with Crippen LogP contribution in [0.5, 0.6) is 11.5 Å². The van der Waals surface area contributed by atoms with Gasteiger partial charge in [0.05, 0.1) is 7.11 Å². The molecule has 0 aliphatic heterocycles. The van der Waals surface area contributed by atoms with E-state index >= 15 is 0 Å². The SMILES string of the molecule is COc1cc(CNCCNC(=O)N(C)C)ccc1O. The van der Waals surface area contributed by atoms with Crippen LogP contribution in [0.4, 0.5) is 4.79 Å². The van der Waals surface area contributed by atoms with Gasteiger partial charge < -0.3 is 25.4 Å². The number of phenolic OH excluding ortho intramolecular Hbond substituents is 1. The van der Waals surface area contributed by atoms with Crippen LogP contribution in [-0.2, 0) is 6.54 Å². The van der Waals surface area contributed by atoms with Crippen molar-refractivity contribution in [2.24, 2.45) is 0 Å². The molecule has 6 heteroatoms. The molecule has 0 unspecified atom stereocenters. The highest BCUT2D eigenvalue weighted by Gasteiger charge is 2.03. The number of methoxy groups -OCH3 is 1. The van der Waals surface area contributed by atoms with Crippen LogP contribution in [0.25, 0.3) is 0 Å². The second-order valence-electron chi connectivity index (χ2n) is 4.31. The van der Waals surface area contributed by atoms with Gasteiger partial charge in [-0.2, -0.15) is 0 Å². The normalized spacial score (nSPS) is 10.1. The fourth-order valence-corrected chi connectivity index (χ4v) is 1.48. The van der Waals surface area contributed by atoms with E-state index in [1.807, 2.05) is 6.07 Å². The highest BCUT2D eigenvalue weighted by atomic mass is 16.5. The van der Waals surface area contributed by atoms with Crippen LogP contribution < -0.4 is 15.4 Å². The number of benzene rings is 1. The zero-order chi connectivity index (χ0) is 14.3. The van der Waals surface area contributed by atoms with Crippen molar-refractivity contribution in [1.29, 1.82) is 0 Å². The predicted molar refractivity (Wildman–Crippen MR) is 73.5 cm³/mol. The Morgan fingerprint density at radius 2 is 2.11 bits per heavy atom. The lowest BCUT2D eigenvalue weighted by Gasteiger charge is -2.12. The van der Waals surface area contributed by atoms with Crippen molar-refractivity contribution in [3.8, 4) is 11.5 Å². The van der Waals surface area contributed by atoms with E-state index in [2.05, 4.69) is 10.6 Å². The molecular formula is C13H21N3O3. The Morgan fingerprint density at radius 3 is 2.74 bits per heavy atom. The highest BCUT2D eigenvalue weighted by Crippen LogP contribution is 2.25. The van der Waals surface area contributed by atoms with E-state index in [4.69, 9.17) is 4.74 Å². The molecule has 0 saturated carbocycles. The Balaban J connectivity index is 2.28. The van der Waals surface area contributed by atoms with Gasteiger partial charge in [-0.15, -0.1) is 0 Å². The lowest BCUT2D eigenvalue weighted by Crippen LogP contribution is -2.38. The van der Waals surface area contributed by atoms with Gasteiger partial charge in [0.2, 0.25) is 0 Å². The molecule has 0 heterocycles. The number of rotatable bonds is 6. The molecule has 0 aromatic heterocycles. The Morgan fingerprint density at radius 1 is 1.37 bits per heavy atom. The van der Waals surface area contributed by atoms with Crippen molar-refractivity contribution in [2.45, 2.75) is 6.54 Å². The van der Waals surface area contributed by atoms with Crippen LogP contribution >= 0.6 is 0 Å². The number of aromatic hydroxyl groups is 1. The van der Waals surface area contributed by atoms with Gasteiger partial charge in [0.15, 0.2) is 11.5 Å². The molecule has 0 atom stereocenters. The molecule has 1 aromatic rings. The lowest BCUT2D eigenvalue weighted by molar-refractivity contribution is 0.217. The Labute approximate surface area is 113 Å². The van der Waals surface area contributed by atoms with E-state index in [-0.39, 0.29) is 11.8 Å². The number of nitrogens with one attached hydrogen (secondary N) is 2. The molecule has 1 aromatic carbocycles. The van der Waals surface area contributed by atoms with Gasteiger partial charge >= 0.3 is 6.03 Å². The zero-order valence-corrected chi connectivity index (χ0v) is 11.6. The largest absolute Gasteiger partial charge is 0.504 e. The first kappa shape index (κ1) is 15.1. The number of amides is 2. The molecular weight excluding hydrogens is 246 g/mol. The molecule has 106 valence electrons. The van der Waals surface area contributed by atoms with Crippen molar-refractivity contribution in [2.75, 3.05) is 34.3 Å². The van der Waals surface area contributed by atoms with Crippen molar-refractivity contribution >= 4 is 6.03 Å². The maximum absolute atomic E-state index is 11.2. The molecule has 6 nitrogen and oxygen atoms in total. The summed E-state index contributed by atoms with van der Waals surface area (Å²) in [7, 11) is 4.92. The maximum Gasteiger partial charge on any atom is 0.316 e. The highest BCUT2D eigenvalue weighted by molar-refractivity contribution is 5.73. The van der Waals surface area contributed by atoms with E-state index in [1.165, 1.54) is 12.0 Å². The molecule has 0 spiro atoms. The fraction of sp³-hybridized carbons (Fsp3) is 0.462. The summed E-state index contributed by atoms with van der Waals surface area (Å²) in [5.41, 5.74) is 1.01. The number of urea groups is 1. The molecule has 2 amide bonds. The maximum atomic E-state index is 11.2. The van der Waals surface area contributed by atoms with Gasteiger partial charge in [-0.25, -0.2) is 4.79 Å². The van der Waals surface area contributed by atoms with Crippen LogP contribution in [0, 0.1) is 0 Å². The van der Waals surface area contributed by atoms with E-state index in [0.29, 0.717) is 25.4 Å². The Bertz CT molecular complexity index is 422. The summed E-state index contributed by atoms with van der Waals surface area (Å²) in [6.45, 7) is 1.88. The first-order valence-electron chi connectivity index (χ1n) is 6.06. The van der Waals surface area contributed by atoms with Crippen LogP contribution in [0.15, 0.2) is 18.2 Å². The zero-order valence-electron chi connectivity index (χ0n) is 11.6. The summed E-state index contributed by atoms with van der Waals surface area (Å²) in [4.78, 5) is 12.7. The third-order valence-corrected chi connectivity index (χ3v) is 2.56. The van der Waals surface area contributed by atoms with Crippen LogP contribution in [0.1, 0.15) is 5.56 Å². The number of hydrogen-bond donors (Lipinski definition) is 3. The smallest absolute Gasteiger partial charge is 0.316 e. The fourth-order valence-electron chi connectivity index (χ4n) is 1.48. The molecule has 0 radical (unpaired) electrons. The second kappa shape index (κ2) is 7.48.